The first-order chi connectivity index (χ1) is 18.0. The highest BCUT2D eigenvalue weighted by Gasteiger charge is 2.29. The molecule has 204 valence electrons. The number of nitrogens with one attached hydrogen (secondary N) is 1. The van der Waals surface area contributed by atoms with Crippen LogP contribution in [0.3, 0.4) is 0 Å². The van der Waals surface area contributed by atoms with Crippen molar-refractivity contribution in [3.63, 3.8) is 0 Å². The molecule has 2 aromatic carbocycles. The molecule has 10 heteroatoms. The molecule has 0 unspecified atom stereocenters. The number of piperazine rings is 1. The van der Waals surface area contributed by atoms with Gasteiger partial charge in [-0.05, 0) is 60.9 Å². The van der Waals surface area contributed by atoms with Crippen LogP contribution >= 0.6 is 0 Å². The van der Waals surface area contributed by atoms with Gasteiger partial charge in [0.25, 0.3) is 5.91 Å². The quantitative estimate of drug-likeness (QED) is 0.447. The number of ether oxygens (including phenoxy) is 1. The Kier molecular flexibility index (Phi) is 8.30. The Balaban J connectivity index is 1.45. The van der Waals surface area contributed by atoms with Crippen molar-refractivity contribution >= 4 is 11.6 Å². The minimum Gasteiger partial charge on any atom is -0.497 e. The fraction of sp³-hybridized carbons (Fsp3) is 0.429. The number of aryl methyl sites for hydroxylation is 2. The molecule has 1 fully saturated rings. The largest absolute Gasteiger partial charge is 0.497 e. The van der Waals surface area contributed by atoms with E-state index < -0.39 is 12.6 Å². The van der Waals surface area contributed by atoms with Gasteiger partial charge in [0.2, 0.25) is 0 Å². The first kappa shape index (κ1) is 27.5. The second-order valence-electron chi connectivity index (χ2n) is 9.79. The summed E-state index contributed by atoms with van der Waals surface area (Å²) in [6, 6.07) is 11.3. The zero-order valence-corrected chi connectivity index (χ0v) is 22.2. The van der Waals surface area contributed by atoms with Crippen molar-refractivity contribution in [1.29, 1.82) is 0 Å². The lowest BCUT2D eigenvalue weighted by molar-refractivity contribution is -0.138. The summed E-state index contributed by atoms with van der Waals surface area (Å²) in [5.74, 6) is 0.501. The molecule has 1 amide bonds. The maximum atomic E-state index is 13.3. The monoisotopic (exact) mass is 529 g/mol. The van der Waals surface area contributed by atoms with Gasteiger partial charge in [-0.1, -0.05) is 6.07 Å². The Labute approximate surface area is 221 Å². The smallest absolute Gasteiger partial charge is 0.390 e. The predicted octanol–water partition coefficient (Wildman–Crippen LogP) is 4.97. The zero-order chi connectivity index (χ0) is 27.4. The molecule has 1 atom stereocenters. The van der Waals surface area contributed by atoms with E-state index in [-0.39, 0.29) is 18.5 Å². The standard InChI is InChI=1S/C28H34F3N5O2/c1-19-5-6-24(36-11-9-35(10-12-36)8-7-28(29,30)31)16-26(19)27(37)33-20(2)21-13-22(15-25(14-21)38-4)23-17-32-34(3)18-23/h5-6,13-18,20H,7-12H2,1-4H3,(H,33,37)/t20-/m1/s1. The number of aromatic nitrogens is 2. The summed E-state index contributed by atoms with van der Waals surface area (Å²) in [5.41, 5.74) is 5.12. The molecule has 1 aromatic heterocycles. The van der Waals surface area contributed by atoms with Gasteiger partial charge >= 0.3 is 6.18 Å². The van der Waals surface area contributed by atoms with Gasteiger partial charge in [-0.25, -0.2) is 0 Å². The Morgan fingerprint density at radius 2 is 1.84 bits per heavy atom. The van der Waals surface area contributed by atoms with Crippen LogP contribution in [0.5, 0.6) is 5.75 Å². The van der Waals surface area contributed by atoms with Crippen molar-refractivity contribution in [1.82, 2.24) is 20.0 Å². The van der Waals surface area contributed by atoms with Gasteiger partial charge in [0.15, 0.2) is 0 Å². The zero-order valence-electron chi connectivity index (χ0n) is 22.2. The fourth-order valence-corrected chi connectivity index (χ4v) is 4.65. The maximum absolute atomic E-state index is 13.3. The second-order valence-corrected chi connectivity index (χ2v) is 9.79. The molecule has 38 heavy (non-hydrogen) atoms. The number of hydrogen-bond acceptors (Lipinski definition) is 5. The average Bonchev–Trinajstić information content (AvgIpc) is 3.33. The number of nitrogens with zero attached hydrogens (tertiary/aromatic N) is 4. The van der Waals surface area contributed by atoms with Crippen molar-refractivity contribution in [2.45, 2.75) is 32.5 Å². The van der Waals surface area contributed by atoms with Crippen LogP contribution in [0, 0.1) is 6.92 Å². The number of hydrogen-bond donors (Lipinski definition) is 1. The van der Waals surface area contributed by atoms with Crippen LogP contribution < -0.4 is 15.0 Å². The fourth-order valence-electron chi connectivity index (χ4n) is 4.65. The normalized spacial score (nSPS) is 15.4. The Hall–Kier alpha value is -3.53. The third-order valence-corrected chi connectivity index (χ3v) is 6.97. The molecule has 3 aromatic rings. The highest BCUT2D eigenvalue weighted by molar-refractivity contribution is 5.97. The van der Waals surface area contributed by atoms with Crippen molar-refractivity contribution in [2.75, 3.05) is 44.7 Å². The minimum absolute atomic E-state index is 0.0174. The summed E-state index contributed by atoms with van der Waals surface area (Å²) in [6.45, 7) is 6.17. The van der Waals surface area contributed by atoms with Crippen molar-refractivity contribution < 1.29 is 22.7 Å². The van der Waals surface area contributed by atoms with E-state index in [2.05, 4.69) is 15.3 Å². The number of rotatable bonds is 8. The summed E-state index contributed by atoms with van der Waals surface area (Å²) in [4.78, 5) is 17.3. The SMILES string of the molecule is COc1cc(-c2cnn(C)c2)cc([C@@H](C)NC(=O)c2cc(N3CCN(CCC(F)(F)F)CC3)ccc2C)c1. The van der Waals surface area contributed by atoms with Crippen molar-refractivity contribution in [3.05, 3.63) is 65.5 Å². The second kappa shape index (κ2) is 11.5. The van der Waals surface area contributed by atoms with Crippen LogP contribution in [-0.2, 0) is 7.05 Å². The first-order valence-electron chi connectivity index (χ1n) is 12.7. The van der Waals surface area contributed by atoms with Crippen LogP contribution in [0.2, 0.25) is 0 Å². The third-order valence-electron chi connectivity index (χ3n) is 6.97. The van der Waals surface area contributed by atoms with Gasteiger partial charge in [0, 0.05) is 62.8 Å². The topological polar surface area (TPSA) is 62.6 Å². The lowest BCUT2D eigenvalue weighted by atomic mass is 10.0. The molecular weight excluding hydrogens is 495 g/mol. The van der Waals surface area contributed by atoms with Crippen molar-refractivity contribution in [3.8, 4) is 16.9 Å². The van der Waals surface area contributed by atoms with E-state index in [1.165, 1.54) is 0 Å². The molecule has 1 N–H and O–H groups in total. The van der Waals surface area contributed by atoms with Gasteiger partial charge in [-0.15, -0.1) is 0 Å². The molecule has 1 aliphatic rings. The van der Waals surface area contributed by atoms with Crippen LogP contribution in [0.25, 0.3) is 11.1 Å². The van der Waals surface area contributed by atoms with E-state index in [0.717, 1.165) is 27.9 Å². The molecule has 4 rings (SSSR count). The molecule has 1 aliphatic heterocycles. The highest BCUT2D eigenvalue weighted by atomic mass is 19.4. The van der Waals surface area contributed by atoms with Gasteiger partial charge in [0.05, 0.1) is 25.8 Å². The Morgan fingerprint density at radius 1 is 1.11 bits per heavy atom. The molecule has 0 saturated carbocycles. The van der Waals surface area contributed by atoms with Crippen LogP contribution in [0.15, 0.2) is 48.8 Å². The number of carbonyl (C=O) groups excluding carboxylic acids is 1. The Morgan fingerprint density at radius 3 is 2.47 bits per heavy atom. The molecule has 0 spiro atoms. The molecule has 0 radical (unpaired) electrons. The molecule has 0 aliphatic carbocycles. The number of benzene rings is 2. The van der Waals surface area contributed by atoms with Gasteiger partial charge in [0.1, 0.15) is 5.75 Å². The summed E-state index contributed by atoms with van der Waals surface area (Å²) in [7, 11) is 3.47. The van der Waals surface area contributed by atoms with Crippen LogP contribution in [0.4, 0.5) is 18.9 Å². The number of halogens is 3. The average molecular weight is 530 g/mol. The van der Waals surface area contributed by atoms with E-state index >= 15 is 0 Å². The Bertz CT molecular complexity index is 1270. The minimum atomic E-state index is -4.14. The number of methoxy groups -OCH3 is 1. The van der Waals surface area contributed by atoms with Crippen LogP contribution in [0.1, 0.15) is 40.9 Å². The van der Waals surface area contributed by atoms with E-state index in [1.54, 1.807) is 18.0 Å². The predicted molar refractivity (Wildman–Crippen MR) is 142 cm³/mol. The molecular formula is C28H34F3N5O2. The highest BCUT2D eigenvalue weighted by Crippen LogP contribution is 2.29. The van der Waals surface area contributed by atoms with Gasteiger partial charge in [-0.3, -0.25) is 14.4 Å². The molecule has 2 heterocycles. The van der Waals surface area contributed by atoms with E-state index in [9.17, 15) is 18.0 Å². The van der Waals surface area contributed by atoms with E-state index in [0.29, 0.717) is 37.5 Å². The molecule has 1 saturated heterocycles. The summed E-state index contributed by atoms with van der Waals surface area (Å²) in [6.07, 6.45) is -1.23. The lowest BCUT2D eigenvalue weighted by Crippen LogP contribution is -2.47. The summed E-state index contributed by atoms with van der Waals surface area (Å²) in [5, 5.41) is 7.35. The van der Waals surface area contributed by atoms with E-state index in [1.807, 2.05) is 68.4 Å². The summed E-state index contributed by atoms with van der Waals surface area (Å²) < 4.78 is 44.9. The first-order valence-corrected chi connectivity index (χ1v) is 12.7. The van der Waals surface area contributed by atoms with Gasteiger partial charge < -0.3 is 15.0 Å². The van der Waals surface area contributed by atoms with E-state index in [4.69, 9.17) is 4.74 Å². The molecule has 0 bridgehead atoms. The molecule has 7 nitrogen and oxygen atoms in total. The number of carbonyl (C=O) groups is 1. The maximum Gasteiger partial charge on any atom is 0.390 e. The van der Waals surface area contributed by atoms with Crippen molar-refractivity contribution in [2.24, 2.45) is 7.05 Å². The number of amides is 1. The lowest BCUT2D eigenvalue weighted by Gasteiger charge is -2.36. The number of anilines is 1. The third kappa shape index (κ3) is 6.86. The summed E-state index contributed by atoms with van der Waals surface area (Å²) >= 11 is 0. The van der Waals surface area contributed by atoms with Crippen LogP contribution in [-0.4, -0.2) is 66.6 Å². The number of alkyl halides is 3. The van der Waals surface area contributed by atoms with Gasteiger partial charge in [-0.2, -0.15) is 18.3 Å².